The van der Waals surface area contributed by atoms with E-state index in [1.54, 1.807) is 34.3 Å². The molecule has 3 aromatic carbocycles. The van der Waals surface area contributed by atoms with Gasteiger partial charge in [0.2, 0.25) is 0 Å². The first-order valence-electron chi connectivity index (χ1n) is 12.7. The van der Waals surface area contributed by atoms with Crippen LogP contribution < -0.4 is 23.7 Å². The van der Waals surface area contributed by atoms with Crippen molar-refractivity contribution in [2.24, 2.45) is 7.05 Å². The third-order valence-corrected chi connectivity index (χ3v) is 6.30. The fourth-order valence-electron chi connectivity index (χ4n) is 4.17. The number of benzene rings is 3. The van der Waals surface area contributed by atoms with Crippen molar-refractivity contribution in [1.82, 2.24) is 9.55 Å². The first-order chi connectivity index (χ1) is 18.9. The lowest BCUT2D eigenvalue weighted by Crippen LogP contribution is -2.07. The number of nitrogens with zero attached hydrogens (tertiary/aromatic N) is 2. The highest BCUT2D eigenvalue weighted by Gasteiger charge is 2.13. The number of hydrogen-bond acceptors (Lipinski definition) is 8. The molecule has 0 radical (unpaired) electrons. The fourth-order valence-corrected chi connectivity index (χ4v) is 4.17. The number of aryl methyl sites for hydroxylation is 2. The first-order valence-corrected chi connectivity index (χ1v) is 12.7. The number of esters is 1. The zero-order valence-electron chi connectivity index (χ0n) is 23.0. The van der Waals surface area contributed by atoms with Crippen molar-refractivity contribution in [2.75, 3.05) is 27.9 Å². The number of aromatic nitrogens is 2. The Morgan fingerprint density at radius 1 is 0.821 bits per heavy atom. The topological polar surface area (TPSA) is 90.3 Å². The number of carbonyl (C=O) groups is 1. The van der Waals surface area contributed by atoms with Gasteiger partial charge in [0.15, 0.2) is 0 Å². The number of imidazole rings is 1. The van der Waals surface area contributed by atoms with E-state index in [2.05, 4.69) is 0 Å². The van der Waals surface area contributed by atoms with Crippen LogP contribution in [0.25, 0.3) is 11.0 Å². The van der Waals surface area contributed by atoms with Gasteiger partial charge in [-0.1, -0.05) is 6.07 Å². The van der Waals surface area contributed by atoms with Gasteiger partial charge in [0.1, 0.15) is 47.8 Å². The molecule has 1 aromatic heterocycles. The summed E-state index contributed by atoms with van der Waals surface area (Å²) in [5, 5.41) is 0. The number of carbonyl (C=O) groups excluding carboxylic acids is 1. The largest absolute Gasteiger partial charge is 0.497 e. The van der Waals surface area contributed by atoms with Gasteiger partial charge < -0.3 is 33.0 Å². The van der Waals surface area contributed by atoms with Gasteiger partial charge in [-0.3, -0.25) is 4.79 Å². The van der Waals surface area contributed by atoms with Gasteiger partial charge in [-0.05, 0) is 54.8 Å². The summed E-state index contributed by atoms with van der Waals surface area (Å²) < 4.78 is 35.5. The van der Waals surface area contributed by atoms with Crippen molar-refractivity contribution < 1.29 is 33.2 Å². The Morgan fingerprint density at radius 3 is 2.23 bits per heavy atom. The van der Waals surface area contributed by atoms with Crippen molar-refractivity contribution >= 4 is 17.0 Å². The molecule has 0 amide bonds. The van der Waals surface area contributed by atoms with Gasteiger partial charge in [0.05, 0.1) is 39.0 Å². The molecule has 0 bridgehead atoms. The molecule has 0 aliphatic heterocycles. The van der Waals surface area contributed by atoms with E-state index in [-0.39, 0.29) is 25.6 Å². The highest BCUT2D eigenvalue weighted by atomic mass is 16.5. The third kappa shape index (κ3) is 6.93. The minimum atomic E-state index is -0.250. The molecular weight excluding hydrogens is 500 g/mol. The van der Waals surface area contributed by atoms with Gasteiger partial charge in [-0.15, -0.1) is 0 Å². The standard InChI is InChI=1S/C30H34N2O7/c1-6-37-30(33)12-8-21-7-9-23(17-28(21)39-18-20-13-24(35-4)15-25(14-20)36-5)38-19-29-31-26-11-10-22(34-3)16-27(26)32(29)2/h7,9-11,13-17H,6,8,12,18-19H2,1-5H3. The second-order valence-electron chi connectivity index (χ2n) is 8.81. The fraction of sp³-hybridized carbons (Fsp3) is 0.333. The van der Waals surface area contributed by atoms with Gasteiger partial charge in [-0.2, -0.15) is 0 Å². The molecule has 0 fully saturated rings. The first kappa shape index (κ1) is 27.6. The maximum Gasteiger partial charge on any atom is 0.306 e. The Labute approximate surface area is 228 Å². The Bertz CT molecular complexity index is 1410. The number of methoxy groups -OCH3 is 3. The highest BCUT2D eigenvalue weighted by Crippen LogP contribution is 2.30. The van der Waals surface area contributed by atoms with E-state index in [9.17, 15) is 4.79 Å². The second-order valence-corrected chi connectivity index (χ2v) is 8.81. The van der Waals surface area contributed by atoms with Crippen molar-refractivity contribution in [3.05, 3.63) is 71.5 Å². The summed E-state index contributed by atoms with van der Waals surface area (Å²) in [6.45, 7) is 2.68. The Kier molecular flexibility index (Phi) is 9.14. The van der Waals surface area contributed by atoms with Gasteiger partial charge in [0.25, 0.3) is 0 Å². The maximum atomic E-state index is 12.0. The monoisotopic (exact) mass is 534 g/mol. The highest BCUT2D eigenvalue weighted by molar-refractivity contribution is 5.77. The van der Waals surface area contributed by atoms with Gasteiger partial charge in [0, 0.05) is 31.7 Å². The minimum Gasteiger partial charge on any atom is -0.497 e. The van der Waals surface area contributed by atoms with E-state index in [0.29, 0.717) is 36.0 Å². The van der Waals surface area contributed by atoms with Crippen LogP contribution in [0.1, 0.15) is 30.3 Å². The summed E-state index contributed by atoms with van der Waals surface area (Å²) >= 11 is 0. The van der Waals surface area contributed by atoms with Crippen LogP contribution in [0.2, 0.25) is 0 Å². The molecule has 0 aliphatic carbocycles. The molecule has 0 spiro atoms. The van der Waals surface area contributed by atoms with Crippen LogP contribution in [-0.2, 0) is 36.2 Å². The third-order valence-electron chi connectivity index (χ3n) is 6.30. The predicted octanol–water partition coefficient (Wildman–Crippen LogP) is 5.25. The Balaban J connectivity index is 1.53. The summed E-state index contributed by atoms with van der Waals surface area (Å²) in [7, 11) is 6.80. The van der Waals surface area contributed by atoms with E-state index in [1.165, 1.54) is 0 Å². The Morgan fingerprint density at radius 2 is 1.54 bits per heavy atom. The SMILES string of the molecule is CCOC(=O)CCc1ccc(OCc2nc3ccc(OC)cc3n2C)cc1OCc1cc(OC)cc(OC)c1. The van der Waals surface area contributed by atoms with Crippen molar-refractivity contribution in [3.63, 3.8) is 0 Å². The number of hydrogen-bond donors (Lipinski definition) is 0. The number of fused-ring (bicyclic) bond motifs is 1. The second kappa shape index (κ2) is 12.9. The Hall–Kier alpha value is -4.40. The van der Waals surface area contributed by atoms with Crippen LogP contribution in [-0.4, -0.2) is 43.5 Å². The molecule has 4 rings (SSSR count). The van der Waals surface area contributed by atoms with Gasteiger partial charge in [-0.25, -0.2) is 4.98 Å². The normalized spacial score (nSPS) is 10.8. The summed E-state index contributed by atoms with van der Waals surface area (Å²) in [5.41, 5.74) is 3.58. The minimum absolute atomic E-state index is 0.250. The van der Waals surface area contributed by atoms with Crippen LogP contribution in [0.3, 0.4) is 0 Å². The number of rotatable bonds is 13. The van der Waals surface area contributed by atoms with Crippen molar-refractivity contribution in [3.8, 4) is 28.7 Å². The molecule has 39 heavy (non-hydrogen) atoms. The lowest BCUT2D eigenvalue weighted by atomic mass is 10.1. The molecule has 0 N–H and O–H groups in total. The average molecular weight is 535 g/mol. The molecule has 0 aliphatic rings. The van der Waals surface area contributed by atoms with E-state index in [4.69, 9.17) is 33.4 Å². The smallest absolute Gasteiger partial charge is 0.306 e. The lowest BCUT2D eigenvalue weighted by molar-refractivity contribution is -0.143. The summed E-state index contributed by atoms with van der Waals surface area (Å²) in [5.74, 6) is 3.88. The van der Waals surface area contributed by atoms with E-state index in [0.717, 1.165) is 33.7 Å². The molecule has 1 heterocycles. The van der Waals surface area contributed by atoms with Crippen LogP contribution in [0.4, 0.5) is 0 Å². The summed E-state index contributed by atoms with van der Waals surface area (Å²) in [6.07, 6.45) is 0.725. The molecular formula is C30H34N2O7. The molecule has 4 aromatic rings. The maximum absolute atomic E-state index is 12.0. The quantitative estimate of drug-likeness (QED) is 0.215. The zero-order valence-corrected chi connectivity index (χ0v) is 23.0. The van der Waals surface area contributed by atoms with E-state index < -0.39 is 0 Å². The van der Waals surface area contributed by atoms with Crippen LogP contribution in [0.15, 0.2) is 54.6 Å². The summed E-state index contributed by atoms with van der Waals surface area (Å²) in [4.78, 5) is 16.7. The predicted molar refractivity (Wildman–Crippen MR) is 147 cm³/mol. The molecule has 0 unspecified atom stereocenters. The molecule has 9 nitrogen and oxygen atoms in total. The van der Waals surface area contributed by atoms with Crippen LogP contribution in [0.5, 0.6) is 28.7 Å². The summed E-state index contributed by atoms with van der Waals surface area (Å²) in [6, 6.07) is 17.0. The molecule has 0 atom stereocenters. The van der Waals surface area contributed by atoms with Gasteiger partial charge >= 0.3 is 5.97 Å². The molecule has 0 saturated heterocycles. The zero-order chi connectivity index (χ0) is 27.8. The van der Waals surface area contributed by atoms with E-state index in [1.807, 2.05) is 60.1 Å². The van der Waals surface area contributed by atoms with E-state index >= 15 is 0 Å². The van der Waals surface area contributed by atoms with Crippen molar-refractivity contribution in [2.45, 2.75) is 33.0 Å². The molecule has 206 valence electrons. The van der Waals surface area contributed by atoms with Crippen molar-refractivity contribution in [1.29, 1.82) is 0 Å². The van der Waals surface area contributed by atoms with Crippen LogP contribution >= 0.6 is 0 Å². The lowest BCUT2D eigenvalue weighted by Gasteiger charge is -2.15. The van der Waals surface area contributed by atoms with Crippen LogP contribution in [0, 0.1) is 0 Å². The number of ether oxygens (including phenoxy) is 6. The average Bonchev–Trinajstić information content (AvgIpc) is 3.28. The molecule has 0 saturated carbocycles. The molecule has 9 heteroatoms.